The maximum Gasteiger partial charge on any atom is 0.158 e. The molecule has 56 valence electrons. The van der Waals surface area contributed by atoms with E-state index in [1.165, 1.54) is 0 Å². The lowest BCUT2D eigenvalue weighted by atomic mass is 9.79. The molecule has 0 radical (unpaired) electrons. The SMILES string of the molecule is C=C1CC(C)C(C)CC1=O. The first-order valence-corrected chi connectivity index (χ1v) is 3.82. The fourth-order valence-electron chi connectivity index (χ4n) is 1.34. The third kappa shape index (κ3) is 1.28. The highest BCUT2D eigenvalue weighted by atomic mass is 16.1. The molecule has 0 bridgehead atoms. The molecule has 1 saturated carbocycles. The highest BCUT2D eigenvalue weighted by Gasteiger charge is 2.24. The van der Waals surface area contributed by atoms with Crippen molar-refractivity contribution >= 4 is 5.78 Å². The predicted octanol–water partition coefficient (Wildman–Crippen LogP) is 2.18. The predicted molar refractivity (Wildman–Crippen MR) is 41.7 cm³/mol. The van der Waals surface area contributed by atoms with Gasteiger partial charge in [-0.15, -0.1) is 0 Å². The van der Waals surface area contributed by atoms with Gasteiger partial charge in [0.05, 0.1) is 0 Å². The Kier molecular flexibility index (Phi) is 1.93. The van der Waals surface area contributed by atoms with E-state index in [0.717, 1.165) is 12.0 Å². The minimum Gasteiger partial charge on any atom is -0.295 e. The van der Waals surface area contributed by atoms with Crippen LogP contribution in [-0.4, -0.2) is 5.78 Å². The summed E-state index contributed by atoms with van der Waals surface area (Å²) in [7, 11) is 0. The summed E-state index contributed by atoms with van der Waals surface area (Å²) < 4.78 is 0. The third-order valence-corrected chi connectivity index (χ3v) is 2.44. The van der Waals surface area contributed by atoms with E-state index in [2.05, 4.69) is 20.4 Å². The molecule has 0 aromatic rings. The number of ketones is 1. The van der Waals surface area contributed by atoms with E-state index in [1.54, 1.807) is 0 Å². The Hall–Kier alpha value is -0.590. The summed E-state index contributed by atoms with van der Waals surface area (Å²) in [5.41, 5.74) is 0.825. The fraction of sp³-hybridized carbons (Fsp3) is 0.667. The van der Waals surface area contributed by atoms with Gasteiger partial charge >= 0.3 is 0 Å². The van der Waals surface area contributed by atoms with E-state index >= 15 is 0 Å². The Balaban J connectivity index is 2.63. The van der Waals surface area contributed by atoms with Crippen molar-refractivity contribution in [1.29, 1.82) is 0 Å². The van der Waals surface area contributed by atoms with Gasteiger partial charge in [-0.3, -0.25) is 4.79 Å². The molecule has 1 nitrogen and oxygen atoms in total. The van der Waals surface area contributed by atoms with Crippen LogP contribution in [0.15, 0.2) is 12.2 Å². The van der Waals surface area contributed by atoms with E-state index in [9.17, 15) is 4.79 Å². The van der Waals surface area contributed by atoms with Crippen molar-refractivity contribution in [2.75, 3.05) is 0 Å². The Morgan fingerprint density at radius 2 is 1.80 bits per heavy atom. The summed E-state index contributed by atoms with van der Waals surface area (Å²) in [5, 5.41) is 0. The van der Waals surface area contributed by atoms with Crippen molar-refractivity contribution in [3.05, 3.63) is 12.2 Å². The zero-order chi connectivity index (χ0) is 7.72. The van der Waals surface area contributed by atoms with Crippen LogP contribution < -0.4 is 0 Å². The van der Waals surface area contributed by atoms with Crippen LogP contribution in [0.5, 0.6) is 0 Å². The molecule has 1 fully saturated rings. The third-order valence-electron chi connectivity index (χ3n) is 2.44. The average Bonchev–Trinajstić information content (AvgIpc) is 1.84. The molecule has 2 atom stereocenters. The molecule has 0 amide bonds. The van der Waals surface area contributed by atoms with Crippen LogP contribution in [0.4, 0.5) is 0 Å². The lowest BCUT2D eigenvalue weighted by molar-refractivity contribution is -0.118. The maximum atomic E-state index is 11.1. The van der Waals surface area contributed by atoms with Gasteiger partial charge in [-0.05, 0) is 23.8 Å². The molecule has 1 aliphatic carbocycles. The van der Waals surface area contributed by atoms with Gasteiger partial charge in [0.2, 0.25) is 0 Å². The summed E-state index contributed by atoms with van der Waals surface area (Å²) in [5.74, 6) is 1.47. The molecule has 1 aliphatic rings. The van der Waals surface area contributed by atoms with Crippen LogP contribution in [0.2, 0.25) is 0 Å². The molecule has 2 unspecified atom stereocenters. The van der Waals surface area contributed by atoms with Crippen molar-refractivity contribution in [3.63, 3.8) is 0 Å². The quantitative estimate of drug-likeness (QED) is 0.469. The lowest BCUT2D eigenvalue weighted by Crippen LogP contribution is -2.22. The van der Waals surface area contributed by atoms with Gasteiger partial charge in [-0.2, -0.15) is 0 Å². The van der Waals surface area contributed by atoms with Gasteiger partial charge in [0.15, 0.2) is 5.78 Å². The van der Waals surface area contributed by atoms with Gasteiger partial charge in [-0.25, -0.2) is 0 Å². The largest absolute Gasteiger partial charge is 0.295 e. The van der Waals surface area contributed by atoms with Gasteiger partial charge in [0.25, 0.3) is 0 Å². The van der Waals surface area contributed by atoms with Gasteiger partial charge in [0, 0.05) is 6.42 Å². The molecule has 1 rings (SSSR count). The average molecular weight is 138 g/mol. The van der Waals surface area contributed by atoms with Crippen molar-refractivity contribution in [3.8, 4) is 0 Å². The Labute approximate surface area is 62.1 Å². The minimum atomic E-state index is 0.269. The van der Waals surface area contributed by atoms with E-state index in [1.807, 2.05) is 0 Å². The Bertz CT molecular complexity index is 150. The monoisotopic (exact) mass is 138 g/mol. The maximum absolute atomic E-state index is 11.1. The summed E-state index contributed by atoms with van der Waals surface area (Å²) in [6.45, 7) is 8.05. The van der Waals surface area contributed by atoms with Crippen molar-refractivity contribution < 1.29 is 4.79 Å². The molecule has 0 N–H and O–H groups in total. The first kappa shape index (κ1) is 7.52. The molecule has 0 spiro atoms. The number of allylic oxidation sites excluding steroid dienone is 1. The number of rotatable bonds is 0. The second-order valence-corrected chi connectivity index (χ2v) is 3.39. The summed E-state index contributed by atoms with van der Waals surface area (Å²) in [4.78, 5) is 11.1. The van der Waals surface area contributed by atoms with Crippen LogP contribution >= 0.6 is 0 Å². The van der Waals surface area contributed by atoms with Crippen molar-refractivity contribution in [1.82, 2.24) is 0 Å². The van der Waals surface area contributed by atoms with Crippen LogP contribution in [0.3, 0.4) is 0 Å². The molecule has 0 aromatic carbocycles. The molecule has 0 saturated heterocycles. The number of hydrogen-bond donors (Lipinski definition) is 0. The summed E-state index contributed by atoms with van der Waals surface area (Å²) in [6, 6.07) is 0. The molecular formula is C9H14O. The zero-order valence-corrected chi connectivity index (χ0v) is 6.68. The second kappa shape index (κ2) is 2.57. The highest BCUT2D eigenvalue weighted by molar-refractivity contribution is 5.95. The molecule has 1 heteroatoms. The number of carbonyl (C=O) groups is 1. The van der Waals surface area contributed by atoms with Crippen LogP contribution in [0.1, 0.15) is 26.7 Å². The highest BCUT2D eigenvalue weighted by Crippen LogP contribution is 2.29. The number of hydrogen-bond acceptors (Lipinski definition) is 1. The van der Waals surface area contributed by atoms with E-state index in [-0.39, 0.29) is 5.78 Å². The topological polar surface area (TPSA) is 17.1 Å². The minimum absolute atomic E-state index is 0.269. The van der Waals surface area contributed by atoms with Crippen LogP contribution in [-0.2, 0) is 4.79 Å². The Morgan fingerprint density at radius 1 is 1.30 bits per heavy atom. The summed E-state index contributed by atoms with van der Waals surface area (Å²) >= 11 is 0. The smallest absolute Gasteiger partial charge is 0.158 e. The number of carbonyl (C=O) groups excluding carboxylic acids is 1. The Morgan fingerprint density at radius 3 is 2.30 bits per heavy atom. The van der Waals surface area contributed by atoms with Crippen LogP contribution in [0, 0.1) is 11.8 Å². The molecule has 10 heavy (non-hydrogen) atoms. The van der Waals surface area contributed by atoms with Gasteiger partial charge < -0.3 is 0 Å². The van der Waals surface area contributed by atoms with E-state index in [0.29, 0.717) is 18.3 Å². The second-order valence-electron chi connectivity index (χ2n) is 3.39. The van der Waals surface area contributed by atoms with Crippen LogP contribution in [0.25, 0.3) is 0 Å². The normalized spacial score (nSPS) is 34.6. The van der Waals surface area contributed by atoms with E-state index in [4.69, 9.17) is 0 Å². The first-order valence-electron chi connectivity index (χ1n) is 3.82. The van der Waals surface area contributed by atoms with E-state index < -0.39 is 0 Å². The summed E-state index contributed by atoms with van der Waals surface area (Å²) in [6.07, 6.45) is 1.61. The van der Waals surface area contributed by atoms with Gasteiger partial charge in [-0.1, -0.05) is 20.4 Å². The number of Topliss-reactive ketones (excluding diaryl/α,β-unsaturated/α-hetero) is 1. The molecule has 0 aromatic heterocycles. The van der Waals surface area contributed by atoms with Crippen molar-refractivity contribution in [2.45, 2.75) is 26.7 Å². The zero-order valence-electron chi connectivity index (χ0n) is 6.68. The lowest BCUT2D eigenvalue weighted by Gasteiger charge is -2.25. The molecule has 0 heterocycles. The molecule has 0 aliphatic heterocycles. The molecular weight excluding hydrogens is 124 g/mol. The first-order chi connectivity index (χ1) is 4.61. The van der Waals surface area contributed by atoms with Gasteiger partial charge in [0.1, 0.15) is 0 Å². The fourth-order valence-corrected chi connectivity index (χ4v) is 1.34. The van der Waals surface area contributed by atoms with Crippen molar-refractivity contribution in [2.24, 2.45) is 11.8 Å². The standard InChI is InChI=1S/C9H14O/c1-6-4-8(3)9(10)5-7(6)2/h6-7H,3-5H2,1-2H3.